The minimum atomic E-state index is -0.0773. The second-order valence-electron chi connectivity index (χ2n) is 4.62. The third-order valence-corrected chi connectivity index (χ3v) is 3.10. The molecule has 1 aromatic rings. The van der Waals surface area contributed by atoms with Gasteiger partial charge in [-0.15, -0.1) is 12.4 Å². The predicted molar refractivity (Wildman–Crippen MR) is 83.7 cm³/mol. The van der Waals surface area contributed by atoms with Crippen LogP contribution in [0.25, 0.3) is 0 Å². The molecule has 1 fully saturated rings. The lowest BCUT2D eigenvalue weighted by molar-refractivity contribution is -0.118. The van der Waals surface area contributed by atoms with Crippen molar-refractivity contribution in [3.63, 3.8) is 0 Å². The molecule has 1 atom stereocenters. The molecule has 1 amide bonds. The van der Waals surface area contributed by atoms with Gasteiger partial charge in [-0.3, -0.25) is 4.79 Å². The molecule has 1 heterocycles. The third-order valence-electron chi connectivity index (χ3n) is 3.10. The highest BCUT2D eigenvalue weighted by Gasteiger charge is 2.20. The highest BCUT2D eigenvalue weighted by atomic mass is 35.5. The van der Waals surface area contributed by atoms with Gasteiger partial charge < -0.3 is 15.4 Å². The summed E-state index contributed by atoms with van der Waals surface area (Å²) in [5.41, 5.74) is 0.763. The van der Waals surface area contributed by atoms with Gasteiger partial charge in [-0.25, -0.2) is 0 Å². The summed E-state index contributed by atoms with van der Waals surface area (Å²) >= 11 is 0. The van der Waals surface area contributed by atoms with Crippen molar-refractivity contribution >= 4 is 24.0 Å². The quantitative estimate of drug-likeness (QED) is 0.822. The van der Waals surface area contributed by atoms with E-state index in [9.17, 15) is 4.79 Å². The van der Waals surface area contributed by atoms with Crippen molar-refractivity contribution < 1.29 is 9.53 Å². The average Bonchev–Trinajstić information content (AvgIpc) is 2.46. The van der Waals surface area contributed by atoms with Crippen LogP contribution in [0.2, 0.25) is 0 Å². The first-order valence-corrected chi connectivity index (χ1v) is 6.67. The largest absolute Gasteiger partial charge is 0.489 e. The van der Waals surface area contributed by atoms with E-state index in [0.717, 1.165) is 37.2 Å². The van der Waals surface area contributed by atoms with Crippen molar-refractivity contribution in [3.05, 3.63) is 36.9 Å². The average molecular weight is 297 g/mol. The molecule has 0 aliphatic carbocycles. The molecule has 110 valence electrons. The molecule has 1 unspecified atom stereocenters. The van der Waals surface area contributed by atoms with Crippen LogP contribution in [-0.4, -0.2) is 25.1 Å². The van der Waals surface area contributed by atoms with Gasteiger partial charge in [0, 0.05) is 11.8 Å². The number of carbonyl (C=O) groups excluding carboxylic acids is 1. The van der Waals surface area contributed by atoms with Gasteiger partial charge in [-0.05, 0) is 31.5 Å². The predicted octanol–water partition coefficient (Wildman–Crippen LogP) is 2.75. The van der Waals surface area contributed by atoms with E-state index in [1.165, 1.54) is 0 Å². The minimum absolute atomic E-state index is 0. The summed E-state index contributed by atoms with van der Waals surface area (Å²) in [5, 5.41) is 6.15. The van der Waals surface area contributed by atoms with Crippen molar-refractivity contribution in [2.24, 2.45) is 0 Å². The van der Waals surface area contributed by atoms with Crippen LogP contribution < -0.4 is 15.4 Å². The zero-order valence-corrected chi connectivity index (χ0v) is 12.2. The lowest BCUT2D eigenvalue weighted by Gasteiger charge is -2.22. The van der Waals surface area contributed by atoms with E-state index in [2.05, 4.69) is 17.2 Å². The van der Waals surface area contributed by atoms with Gasteiger partial charge in [0.25, 0.3) is 0 Å². The molecular weight excluding hydrogens is 276 g/mol. The second kappa shape index (κ2) is 8.61. The van der Waals surface area contributed by atoms with Crippen LogP contribution >= 0.6 is 12.4 Å². The molecule has 2 rings (SSSR count). The summed E-state index contributed by atoms with van der Waals surface area (Å²) in [6.45, 7) is 4.98. The molecule has 5 heteroatoms. The summed E-state index contributed by atoms with van der Waals surface area (Å²) in [4.78, 5) is 12.1. The number of carbonyl (C=O) groups is 1. The Morgan fingerprint density at radius 3 is 3.05 bits per heavy atom. The number of rotatable bonds is 5. The number of halogens is 1. The van der Waals surface area contributed by atoms with Crippen LogP contribution in [0.4, 0.5) is 5.69 Å². The lowest BCUT2D eigenvalue weighted by Crippen LogP contribution is -2.43. The Morgan fingerprint density at radius 1 is 1.50 bits per heavy atom. The fraction of sp³-hybridized carbons (Fsp3) is 0.400. The molecule has 1 aromatic carbocycles. The van der Waals surface area contributed by atoms with Gasteiger partial charge in [-0.2, -0.15) is 0 Å². The normalized spacial score (nSPS) is 17.7. The smallest absolute Gasteiger partial charge is 0.241 e. The van der Waals surface area contributed by atoms with Crippen molar-refractivity contribution in [2.75, 3.05) is 18.5 Å². The minimum Gasteiger partial charge on any atom is -0.489 e. The van der Waals surface area contributed by atoms with E-state index >= 15 is 0 Å². The van der Waals surface area contributed by atoms with Crippen molar-refractivity contribution in [1.82, 2.24) is 5.32 Å². The van der Waals surface area contributed by atoms with E-state index < -0.39 is 0 Å². The van der Waals surface area contributed by atoms with Gasteiger partial charge >= 0.3 is 0 Å². The van der Waals surface area contributed by atoms with Gasteiger partial charge in [0.05, 0.1) is 6.04 Å². The maximum Gasteiger partial charge on any atom is 0.241 e. The van der Waals surface area contributed by atoms with Crippen LogP contribution in [0.3, 0.4) is 0 Å². The molecule has 0 radical (unpaired) electrons. The summed E-state index contributed by atoms with van der Waals surface area (Å²) < 4.78 is 5.44. The maximum atomic E-state index is 12.1. The number of anilines is 1. The van der Waals surface area contributed by atoms with Crippen LogP contribution in [-0.2, 0) is 4.79 Å². The number of ether oxygens (including phenoxy) is 1. The van der Waals surface area contributed by atoms with E-state index in [-0.39, 0.29) is 24.4 Å². The topological polar surface area (TPSA) is 50.4 Å². The second-order valence-corrected chi connectivity index (χ2v) is 4.62. The van der Waals surface area contributed by atoms with Crippen molar-refractivity contribution in [2.45, 2.75) is 25.3 Å². The summed E-state index contributed by atoms with van der Waals surface area (Å²) in [5.74, 6) is 0.759. The number of amides is 1. The number of hydrogen-bond donors (Lipinski definition) is 2. The van der Waals surface area contributed by atoms with Gasteiger partial charge in [-0.1, -0.05) is 25.1 Å². The summed E-state index contributed by atoms with van der Waals surface area (Å²) in [6, 6.07) is 7.33. The molecule has 4 nitrogen and oxygen atoms in total. The van der Waals surface area contributed by atoms with E-state index in [1.54, 1.807) is 6.08 Å². The first kappa shape index (κ1) is 16.5. The Kier molecular flexibility index (Phi) is 7.12. The number of hydrogen-bond acceptors (Lipinski definition) is 3. The molecule has 20 heavy (non-hydrogen) atoms. The number of benzene rings is 1. The van der Waals surface area contributed by atoms with Crippen LogP contribution in [0.15, 0.2) is 36.9 Å². The molecule has 0 aromatic heterocycles. The molecule has 1 aliphatic heterocycles. The third kappa shape index (κ3) is 4.87. The zero-order valence-electron chi connectivity index (χ0n) is 11.4. The van der Waals surface area contributed by atoms with Crippen molar-refractivity contribution in [3.8, 4) is 5.75 Å². The lowest BCUT2D eigenvalue weighted by atomic mass is 10.0. The first-order chi connectivity index (χ1) is 9.29. The Hall–Kier alpha value is -1.52. The van der Waals surface area contributed by atoms with Gasteiger partial charge in [0.2, 0.25) is 5.91 Å². The zero-order chi connectivity index (χ0) is 13.5. The fourth-order valence-electron chi connectivity index (χ4n) is 2.12. The molecule has 1 aliphatic rings. The maximum absolute atomic E-state index is 12.1. The molecule has 0 saturated carbocycles. The first-order valence-electron chi connectivity index (χ1n) is 6.67. The standard InChI is InChI=1S/C15H20N2O2.ClH/c1-2-10-19-13-7-5-6-12(11-13)17-15(18)14-8-3-4-9-16-14;/h2,5-7,11,14,16H,1,3-4,8-10H2,(H,17,18);1H. The summed E-state index contributed by atoms with van der Waals surface area (Å²) in [6.07, 6.45) is 4.85. The summed E-state index contributed by atoms with van der Waals surface area (Å²) in [7, 11) is 0. The van der Waals surface area contributed by atoms with Gasteiger partial charge in [0.15, 0.2) is 0 Å². The SMILES string of the molecule is C=CCOc1cccc(NC(=O)C2CCCCN2)c1.Cl. The number of nitrogens with one attached hydrogen (secondary N) is 2. The van der Waals surface area contributed by atoms with E-state index in [1.807, 2.05) is 24.3 Å². The fourth-order valence-corrected chi connectivity index (χ4v) is 2.12. The molecule has 0 bridgehead atoms. The monoisotopic (exact) mass is 296 g/mol. The van der Waals surface area contributed by atoms with Crippen LogP contribution in [0.1, 0.15) is 19.3 Å². The van der Waals surface area contributed by atoms with Crippen molar-refractivity contribution in [1.29, 1.82) is 0 Å². The Labute approximate surface area is 126 Å². The van der Waals surface area contributed by atoms with E-state index in [0.29, 0.717) is 6.61 Å². The van der Waals surface area contributed by atoms with Gasteiger partial charge in [0.1, 0.15) is 12.4 Å². The molecule has 2 N–H and O–H groups in total. The highest BCUT2D eigenvalue weighted by Crippen LogP contribution is 2.18. The Morgan fingerprint density at radius 2 is 2.35 bits per heavy atom. The Bertz CT molecular complexity index is 445. The molecular formula is C15H21ClN2O2. The van der Waals surface area contributed by atoms with Crippen LogP contribution in [0.5, 0.6) is 5.75 Å². The van der Waals surface area contributed by atoms with E-state index in [4.69, 9.17) is 4.74 Å². The highest BCUT2D eigenvalue weighted by molar-refractivity contribution is 5.95. The number of piperidine rings is 1. The van der Waals surface area contributed by atoms with Crippen LogP contribution in [0, 0.1) is 0 Å². The molecule has 0 spiro atoms. The Balaban J connectivity index is 0.00000200. The molecule has 1 saturated heterocycles.